The van der Waals surface area contributed by atoms with E-state index < -0.39 is 8.60 Å². The van der Waals surface area contributed by atoms with E-state index in [1.807, 2.05) is 0 Å². The molecular formula is C16H34N2O4P+. The van der Waals surface area contributed by atoms with Gasteiger partial charge in [0.05, 0.1) is 26.7 Å². The van der Waals surface area contributed by atoms with E-state index in [0.29, 0.717) is 26.1 Å². The first-order valence-corrected chi connectivity index (χ1v) is 10.0. The van der Waals surface area contributed by atoms with E-state index in [9.17, 15) is 9.69 Å². The van der Waals surface area contributed by atoms with Crippen molar-refractivity contribution in [3.8, 4) is 0 Å². The molecule has 0 spiro atoms. The maximum Gasteiger partial charge on any atom is 0.330 e. The molecule has 1 aliphatic rings. The van der Waals surface area contributed by atoms with Gasteiger partial charge in [-0.15, -0.1) is 0 Å². The molecule has 1 unspecified atom stereocenters. The molecule has 1 atom stereocenters. The van der Waals surface area contributed by atoms with Crippen molar-refractivity contribution in [2.45, 2.75) is 51.9 Å². The number of nitrogens with zero attached hydrogens (tertiary/aromatic N) is 1. The third-order valence-electron chi connectivity index (χ3n) is 4.33. The van der Waals surface area contributed by atoms with E-state index in [1.165, 1.54) is 25.9 Å². The molecule has 0 aromatic carbocycles. The average molecular weight is 349 g/mol. The Bertz CT molecular complexity index is 325. The second kappa shape index (κ2) is 12.2. The van der Waals surface area contributed by atoms with Gasteiger partial charge in [0, 0.05) is 25.8 Å². The summed E-state index contributed by atoms with van der Waals surface area (Å²) in [5.41, 5.74) is 0. The number of likely N-dealkylation sites (N-methyl/N-ethyl adjacent to an activating group) is 1. The largest absolute Gasteiger partial charge is 0.356 e. The lowest BCUT2D eigenvalue weighted by molar-refractivity contribution is -0.897. The summed E-state index contributed by atoms with van der Waals surface area (Å²) < 4.78 is 11.6. The van der Waals surface area contributed by atoms with Gasteiger partial charge in [-0.25, -0.2) is 0 Å². The van der Waals surface area contributed by atoms with Crippen molar-refractivity contribution in [2.24, 2.45) is 0 Å². The van der Waals surface area contributed by atoms with Crippen LogP contribution in [0.3, 0.4) is 0 Å². The summed E-state index contributed by atoms with van der Waals surface area (Å²) in [6.07, 6.45) is 6.93. The van der Waals surface area contributed by atoms with Gasteiger partial charge in [0.25, 0.3) is 0 Å². The van der Waals surface area contributed by atoms with Gasteiger partial charge in [-0.1, -0.05) is 19.8 Å². The molecule has 0 bridgehead atoms. The lowest BCUT2D eigenvalue weighted by Gasteiger charge is -2.29. The fraction of sp³-hybridized carbons (Fsp3) is 0.938. The lowest BCUT2D eigenvalue weighted by Crippen LogP contribution is -2.43. The monoisotopic (exact) mass is 349 g/mol. The normalized spacial score (nSPS) is 18.0. The SMILES string of the molecule is CCCCCNC(=O)CCCOP(O)OCC[N+]1(C)CCCC1. The number of likely N-dealkylation sites (tertiary alicyclic amines) is 1. The zero-order chi connectivity index (χ0) is 17.0. The summed E-state index contributed by atoms with van der Waals surface area (Å²) in [6, 6.07) is 0. The molecule has 2 N–H and O–H groups in total. The van der Waals surface area contributed by atoms with Gasteiger partial charge in [0.1, 0.15) is 13.2 Å². The number of hydrogen-bond donors (Lipinski definition) is 2. The van der Waals surface area contributed by atoms with Crippen LogP contribution in [0.25, 0.3) is 0 Å². The molecule has 0 aromatic rings. The number of hydrogen-bond acceptors (Lipinski definition) is 4. The maximum atomic E-state index is 11.5. The highest BCUT2D eigenvalue weighted by Gasteiger charge is 2.26. The zero-order valence-electron chi connectivity index (χ0n) is 14.8. The minimum atomic E-state index is -1.81. The van der Waals surface area contributed by atoms with E-state index in [-0.39, 0.29) is 5.91 Å². The molecule has 7 heteroatoms. The molecule has 23 heavy (non-hydrogen) atoms. The van der Waals surface area contributed by atoms with Gasteiger partial charge in [0.2, 0.25) is 5.91 Å². The van der Waals surface area contributed by atoms with Crippen molar-refractivity contribution in [1.82, 2.24) is 5.32 Å². The third-order valence-corrected chi connectivity index (χ3v) is 5.14. The number of amides is 1. The molecule has 0 radical (unpaired) electrons. The molecule has 1 saturated heterocycles. The highest BCUT2D eigenvalue weighted by molar-refractivity contribution is 7.40. The summed E-state index contributed by atoms with van der Waals surface area (Å²) in [6.45, 7) is 7.08. The highest BCUT2D eigenvalue weighted by atomic mass is 31.2. The molecule has 1 fully saturated rings. The molecule has 1 amide bonds. The van der Waals surface area contributed by atoms with Crippen molar-refractivity contribution in [2.75, 3.05) is 46.4 Å². The smallest absolute Gasteiger partial charge is 0.330 e. The number of quaternary nitrogens is 1. The maximum absolute atomic E-state index is 11.5. The van der Waals surface area contributed by atoms with Crippen LogP contribution in [0.2, 0.25) is 0 Å². The second-order valence-electron chi connectivity index (χ2n) is 6.56. The number of carbonyl (C=O) groups excluding carboxylic acids is 1. The van der Waals surface area contributed by atoms with E-state index in [0.717, 1.165) is 36.8 Å². The number of rotatable bonds is 13. The first-order chi connectivity index (χ1) is 11.1. The fourth-order valence-electron chi connectivity index (χ4n) is 2.77. The number of unbranched alkanes of at least 4 members (excludes halogenated alkanes) is 2. The van der Waals surface area contributed by atoms with Crippen LogP contribution in [0.4, 0.5) is 0 Å². The van der Waals surface area contributed by atoms with Gasteiger partial charge in [-0.2, -0.15) is 0 Å². The Kier molecular flexibility index (Phi) is 11.0. The van der Waals surface area contributed by atoms with Crippen LogP contribution in [0, 0.1) is 0 Å². The van der Waals surface area contributed by atoms with Crippen LogP contribution in [0.1, 0.15) is 51.9 Å². The van der Waals surface area contributed by atoms with E-state index >= 15 is 0 Å². The van der Waals surface area contributed by atoms with Gasteiger partial charge in [-0.3, -0.25) is 4.79 Å². The van der Waals surface area contributed by atoms with Crippen LogP contribution in [0.15, 0.2) is 0 Å². The molecule has 1 aliphatic heterocycles. The standard InChI is InChI=1S/C16H33N2O4P/c1-3-4-5-10-17-16(19)9-8-14-21-23(20)22-15-13-18(2)11-6-7-12-18/h20H,3-15H2,1-2H3/p+1. The Morgan fingerprint density at radius 3 is 2.57 bits per heavy atom. The topological polar surface area (TPSA) is 67.8 Å². The molecule has 136 valence electrons. The summed E-state index contributed by atoms with van der Waals surface area (Å²) in [5, 5.41) is 2.89. The Balaban J connectivity index is 1.93. The van der Waals surface area contributed by atoms with Crippen molar-refractivity contribution in [3.05, 3.63) is 0 Å². The Hall–Kier alpha value is -0.260. The summed E-state index contributed by atoms with van der Waals surface area (Å²) in [4.78, 5) is 21.2. The lowest BCUT2D eigenvalue weighted by atomic mass is 10.2. The average Bonchev–Trinajstić information content (AvgIpc) is 2.95. The van der Waals surface area contributed by atoms with E-state index in [2.05, 4.69) is 19.3 Å². The van der Waals surface area contributed by atoms with E-state index in [4.69, 9.17) is 9.05 Å². The first kappa shape index (κ1) is 20.8. The van der Waals surface area contributed by atoms with Crippen LogP contribution < -0.4 is 5.32 Å². The van der Waals surface area contributed by atoms with Gasteiger partial charge < -0.3 is 23.7 Å². The predicted octanol–water partition coefficient (Wildman–Crippen LogP) is 2.57. The zero-order valence-corrected chi connectivity index (χ0v) is 15.7. The predicted molar refractivity (Wildman–Crippen MR) is 92.8 cm³/mol. The summed E-state index contributed by atoms with van der Waals surface area (Å²) in [5.74, 6) is 0.0550. The number of carbonyl (C=O) groups is 1. The van der Waals surface area contributed by atoms with Crippen LogP contribution in [-0.2, 0) is 13.8 Å². The summed E-state index contributed by atoms with van der Waals surface area (Å²) >= 11 is 0. The van der Waals surface area contributed by atoms with Crippen molar-refractivity contribution in [1.29, 1.82) is 0 Å². The minimum Gasteiger partial charge on any atom is -0.356 e. The fourth-order valence-corrected chi connectivity index (χ4v) is 3.36. The molecule has 0 saturated carbocycles. The van der Waals surface area contributed by atoms with Gasteiger partial charge in [0.15, 0.2) is 0 Å². The Labute approximate surface area is 142 Å². The van der Waals surface area contributed by atoms with Crippen molar-refractivity contribution >= 4 is 14.5 Å². The summed E-state index contributed by atoms with van der Waals surface area (Å²) in [7, 11) is 0.420. The Morgan fingerprint density at radius 2 is 1.87 bits per heavy atom. The van der Waals surface area contributed by atoms with Crippen molar-refractivity contribution in [3.63, 3.8) is 0 Å². The molecule has 1 rings (SSSR count). The van der Waals surface area contributed by atoms with Crippen LogP contribution in [-0.4, -0.2) is 61.7 Å². The molecule has 0 aromatic heterocycles. The number of nitrogens with one attached hydrogen (secondary N) is 1. The third kappa shape index (κ3) is 10.3. The van der Waals surface area contributed by atoms with Gasteiger partial charge >= 0.3 is 8.60 Å². The molecule has 0 aliphatic carbocycles. The quantitative estimate of drug-likeness (QED) is 0.305. The van der Waals surface area contributed by atoms with E-state index in [1.54, 1.807) is 0 Å². The first-order valence-electron chi connectivity index (χ1n) is 8.91. The minimum absolute atomic E-state index is 0.0550. The highest BCUT2D eigenvalue weighted by Crippen LogP contribution is 2.33. The molecule has 1 heterocycles. The molecular weight excluding hydrogens is 315 g/mol. The second-order valence-corrected chi connectivity index (χ2v) is 7.55. The van der Waals surface area contributed by atoms with Crippen LogP contribution in [0.5, 0.6) is 0 Å². The Morgan fingerprint density at radius 1 is 1.17 bits per heavy atom. The van der Waals surface area contributed by atoms with Crippen molar-refractivity contribution < 1.29 is 23.2 Å². The van der Waals surface area contributed by atoms with Crippen LogP contribution >= 0.6 is 8.60 Å². The molecule has 6 nitrogen and oxygen atoms in total. The van der Waals surface area contributed by atoms with Gasteiger partial charge in [-0.05, 0) is 12.8 Å².